The van der Waals surface area contributed by atoms with Crippen molar-refractivity contribution in [3.8, 4) is 22.4 Å². The second-order valence-electron chi connectivity index (χ2n) is 7.48. The zero-order valence-corrected chi connectivity index (χ0v) is 17.7. The van der Waals surface area contributed by atoms with Crippen LogP contribution in [0.1, 0.15) is 30.1 Å². The molecule has 0 fully saturated rings. The van der Waals surface area contributed by atoms with E-state index in [-0.39, 0.29) is 11.6 Å². The van der Waals surface area contributed by atoms with Gasteiger partial charge in [0.05, 0.1) is 17.5 Å². The summed E-state index contributed by atoms with van der Waals surface area (Å²) in [7, 11) is 0. The number of carboxylic acids is 1. The lowest BCUT2D eigenvalue weighted by Crippen LogP contribution is -2.29. The van der Waals surface area contributed by atoms with Gasteiger partial charge in [-0.25, -0.2) is 14.6 Å². The number of aromatic carboxylic acids is 1. The number of unbranched alkanes of at least 4 members (excludes halogenated alkanes) is 1. The van der Waals surface area contributed by atoms with Gasteiger partial charge in [0, 0.05) is 24.0 Å². The van der Waals surface area contributed by atoms with Gasteiger partial charge in [-0.1, -0.05) is 37.6 Å². The van der Waals surface area contributed by atoms with E-state index < -0.39 is 5.97 Å². The Hall–Kier alpha value is -4.13. The highest BCUT2D eigenvalue weighted by atomic mass is 16.4. The van der Waals surface area contributed by atoms with Gasteiger partial charge in [0.1, 0.15) is 5.65 Å². The lowest BCUT2D eigenvalue weighted by Gasteiger charge is -2.09. The Balaban J connectivity index is 1.56. The highest BCUT2D eigenvalue weighted by Gasteiger charge is 2.10. The fourth-order valence-corrected chi connectivity index (χ4v) is 3.49. The molecule has 0 unspecified atom stereocenters. The zero-order chi connectivity index (χ0) is 22.5. The number of carbonyl (C=O) groups is 2. The predicted octanol–water partition coefficient (Wildman–Crippen LogP) is 5.29. The predicted molar refractivity (Wildman–Crippen MR) is 125 cm³/mol. The van der Waals surface area contributed by atoms with Crippen LogP contribution in [0.15, 0.2) is 73.1 Å². The van der Waals surface area contributed by atoms with Gasteiger partial charge in [0.15, 0.2) is 0 Å². The number of urea groups is 1. The number of nitrogens with zero attached hydrogens (tertiary/aromatic N) is 2. The van der Waals surface area contributed by atoms with Crippen LogP contribution in [-0.2, 0) is 0 Å². The van der Waals surface area contributed by atoms with Crippen molar-refractivity contribution in [2.45, 2.75) is 19.8 Å². The quantitative estimate of drug-likeness (QED) is 0.349. The normalized spacial score (nSPS) is 10.8. The molecule has 2 aromatic heterocycles. The summed E-state index contributed by atoms with van der Waals surface area (Å²) in [6, 6.07) is 18.1. The van der Waals surface area contributed by atoms with E-state index in [0.717, 1.165) is 40.9 Å². The molecule has 4 rings (SSSR count). The molecule has 0 bridgehead atoms. The Kier molecular flexibility index (Phi) is 6.17. The molecule has 32 heavy (non-hydrogen) atoms. The summed E-state index contributed by atoms with van der Waals surface area (Å²) in [6.45, 7) is 2.73. The molecule has 2 amide bonds. The summed E-state index contributed by atoms with van der Waals surface area (Å²) < 4.78 is 1.98. The third-order valence-electron chi connectivity index (χ3n) is 5.21. The molecule has 0 saturated carbocycles. The molecule has 0 aliphatic carbocycles. The van der Waals surface area contributed by atoms with Crippen molar-refractivity contribution in [1.29, 1.82) is 0 Å². The van der Waals surface area contributed by atoms with E-state index in [4.69, 9.17) is 5.11 Å². The van der Waals surface area contributed by atoms with Crippen molar-refractivity contribution in [3.63, 3.8) is 0 Å². The molecule has 0 radical (unpaired) electrons. The van der Waals surface area contributed by atoms with Gasteiger partial charge < -0.3 is 15.7 Å². The first-order valence-corrected chi connectivity index (χ1v) is 10.5. The number of rotatable bonds is 7. The summed E-state index contributed by atoms with van der Waals surface area (Å²) >= 11 is 0. The Morgan fingerprint density at radius 1 is 1.00 bits per heavy atom. The van der Waals surface area contributed by atoms with Crippen molar-refractivity contribution in [1.82, 2.24) is 14.7 Å². The Morgan fingerprint density at radius 3 is 2.56 bits per heavy atom. The van der Waals surface area contributed by atoms with E-state index in [0.29, 0.717) is 12.2 Å². The van der Waals surface area contributed by atoms with Gasteiger partial charge in [0.25, 0.3) is 0 Å². The number of hydrogen-bond acceptors (Lipinski definition) is 3. The molecule has 0 aliphatic rings. The number of hydrogen-bond donors (Lipinski definition) is 3. The molecule has 2 heterocycles. The molecule has 7 nitrogen and oxygen atoms in total. The van der Waals surface area contributed by atoms with Crippen LogP contribution >= 0.6 is 0 Å². The minimum atomic E-state index is -0.944. The number of amides is 2. The number of carbonyl (C=O) groups excluding carboxylic acids is 1. The maximum absolute atomic E-state index is 12.1. The Bertz CT molecular complexity index is 1260. The molecule has 0 aliphatic heterocycles. The maximum atomic E-state index is 12.1. The van der Waals surface area contributed by atoms with E-state index in [9.17, 15) is 9.59 Å². The van der Waals surface area contributed by atoms with E-state index in [2.05, 4.69) is 22.5 Å². The average Bonchev–Trinajstić information content (AvgIpc) is 3.23. The standard InChI is InChI=1S/C25H24N4O3/c1-2-3-12-26-25(32)28-21-6-4-5-20(14-21)22-16-27-23-15-19(11-13-29(22)23)17-7-9-18(10-8-17)24(30)31/h4-11,13-16H,2-3,12H2,1H3,(H,30,31)(H2,26,28,32). The number of benzene rings is 2. The molecule has 0 saturated heterocycles. The number of aromatic nitrogens is 2. The molecule has 2 aromatic carbocycles. The van der Waals surface area contributed by atoms with E-state index in [1.54, 1.807) is 30.5 Å². The van der Waals surface area contributed by atoms with Crippen LogP contribution in [0.3, 0.4) is 0 Å². The van der Waals surface area contributed by atoms with Crippen LogP contribution in [0.2, 0.25) is 0 Å². The minimum Gasteiger partial charge on any atom is -0.478 e. The van der Waals surface area contributed by atoms with Crippen LogP contribution in [-0.4, -0.2) is 33.0 Å². The van der Waals surface area contributed by atoms with Crippen molar-refractivity contribution < 1.29 is 14.7 Å². The fourth-order valence-electron chi connectivity index (χ4n) is 3.49. The summed E-state index contributed by atoms with van der Waals surface area (Å²) in [5.41, 5.74) is 5.45. The van der Waals surface area contributed by atoms with Gasteiger partial charge in [-0.15, -0.1) is 0 Å². The largest absolute Gasteiger partial charge is 0.478 e. The van der Waals surface area contributed by atoms with Crippen molar-refractivity contribution in [2.24, 2.45) is 0 Å². The van der Waals surface area contributed by atoms with Gasteiger partial charge in [0.2, 0.25) is 0 Å². The van der Waals surface area contributed by atoms with E-state index >= 15 is 0 Å². The number of imidazole rings is 1. The van der Waals surface area contributed by atoms with Crippen molar-refractivity contribution in [3.05, 3.63) is 78.6 Å². The van der Waals surface area contributed by atoms with Crippen LogP contribution in [0.4, 0.5) is 10.5 Å². The van der Waals surface area contributed by atoms with Crippen LogP contribution in [0.25, 0.3) is 28.0 Å². The number of fused-ring (bicyclic) bond motifs is 1. The molecule has 7 heteroatoms. The second-order valence-corrected chi connectivity index (χ2v) is 7.48. The van der Waals surface area contributed by atoms with Crippen LogP contribution in [0, 0.1) is 0 Å². The number of carboxylic acid groups (broad SMARTS) is 1. The first kappa shape index (κ1) is 21.1. The zero-order valence-electron chi connectivity index (χ0n) is 17.7. The second kappa shape index (κ2) is 9.34. The van der Waals surface area contributed by atoms with Crippen molar-refractivity contribution >= 4 is 23.3 Å². The van der Waals surface area contributed by atoms with Crippen LogP contribution < -0.4 is 10.6 Å². The van der Waals surface area contributed by atoms with E-state index in [1.165, 1.54) is 0 Å². The number of nitrogens with one attached hydrogen (secondary N) is 2. The molecule has 4 aromatic rings. The monoisotopic (exact) mass is 428 g/mol. The molecular formula is C25H24N4O3. The summed E-state index contributed by atoms with van der Waals surface area (Å²) in [4.78, 5) is 27.7. The average molecular weight is 428 g/mol. The SMILES string of the molecule is CCCCNC(=O)Nc1cccc(-c2cnc3cc(-c4ccc(C(=O)O)cc4)ccn23)c1. The molecule has 162 valence electrons. The van der Waals surface area contributed by atoms with Gasteiger partial charge >= 0.3 is 12.0 Å². The third kappa shape index (κ3) is 4.62. The lowest BCUT2D eigenvalue weighted by molar-refractivity contribution is 0.0697. The maximum Gasteiger partial charge on any atom is 0.335 e. The summed E-state index contributed by atoms with van der Waals surface area (Å²) in [6.07, 6.45) is 5.71. The van der Waals surface area contributed by atoms with Gasteiger partial charge in [-0.05, 0) is 53.9 Å². The van der Waals surface area contributed by atoms with Gasteiger partial charge in [-0.2, -0.15) is 0 Å². The smallest absolute Gasteiger partial charge is 0.335 e. The molecule has 3 N–H and O–H groups in total. The highest BCUT2D eigenvalue weighted by Crippen LogP contribution is 2.27. The first-order valence-electron chi connectivity index (χ1n) is 10.5. The first-order chi connectivity index (χ1) is 15.5. The third-order valence-corrected chi connectivity index (χ3v) is 5.21. The Labute approximate surface area is 185 Å². The fraction of sp³-hybridized carbons (Fsp3) is 0.160. The Morgan fingerprint density at radius 2 is 1.81 bits per heavy atom. The van der Waals surface area contributed by atoms with Crippen LogP contribution in [0.5, 0.6) is 0 Å². The topological polar surface area (TPSA) is 95.7 Å². The van der Waals surface area contributed by atoms with Gasteiger partial charge in [-0.3, -0.25) is 4.40 Å². The number of anilines is 1. The van der Waals surface area contributed by atoms with E-state index in [1.807, 2.05) is 47.0 Å². The molecule has 0 atom stereocenters. The summed E-state index contributed by atoms with van der Waals surface area (Å²) in [5, 5.41) is 14.8. The minimum absolute atomic E-state index is 0.215. The lowest BCUT2D eigenvalue weighted by atomic mass is 10.0. The highest BCUT2D eigenvalue weighted by molar-refractivity contribution is 5.90. The number of pyridine rings is 1. The van der Waals surface area contributed by atoms with Crippen molar-refractivity contribution in [2.75, 3.05) is 11.9 Å². The summed E-state index contributed by atoms with van der Waals surface area (Å²) in [5.74, 6) is -0.944. The molecular weight excluding hydrogens is 404 g/mol. The molecule has 0 spiro atoms.